The van der Waals surface area contributed by atoms with E-state index in [1.807, 2.05) is 35.3 Å². The van der Waals surface area contributed by atoms with E-state index in [0.717, 1.165) is 32.8 Å². The minimum atomic E-state index is 0.912. The number of nitrogens with zero attached hydrogens (tertiary/aromatic N) is 4. The molecule has 3 aromatic heterocycles. The van der Waals surface area contributed by atoms with Crippen LogP contribution in [0.5, 0.6) is 0 Å². The third kappa shape index (κ3) is 1.25. The number of fused-ring (bicyclic) bond motifs is 7. The minimum absolute atomic E-state index is 0.912. The van der Waals surface area contributed by atoms with Gasteiger partial charge in [-0.3, -0.25) is 0 Å². The SMILES string of the molecule is c1nc2ccc3nnc4ccc5ncsc5c4c3c2s1. The van der Waals surface area contributed by atoms with Gasteiger partial charge in [-0.25, -0.2) is 9.97 Å². The molecule has 0 radical (unpaired) electrons. The van der Waals surface area contributed by atoms with E-state index in [-0.39, 0.29) is 0 Å². The summed E-state index contributed by atoms with van der Waals surface area (Å²) in [4.78, 5) is 8.80. The fraction of sp³-hybridized carbons (Fsp3) is 0. The van der Waals surface area contributed by atoms with Gasteiger partial charge in [0.2, 0.25) is 0 Å². The Bertz CT molecular complexity index is 1020. The molecule has 3 heterocycles. The lowest BCUT2D eigenvalue weighted by Crippen LogP contribution is -1.88. The highest BCUT2D eigenvalue weighted by Crippen LogP contribution is 2.36. The van der Waals surface area contributed by atoms with Crippen LogP contribution in [0.25, 0.3) is 42.2 Å². The summed E-state index contributed by atoms with van der Waals surface area (Å²) in [5.74, 6) is 0. The highest BCUT2D eigenvalue weighted by atomic mass is 32.1. The molecular formula is C14H6N4S2. The Kier molecular flexibility index (Phi) is 1.95. The number of aromatic nitrogens is 4. The van der Waals surface area contributed by atoms with Crippen LogP contribution in [0.15, 0.2) is 35.3 Å². The zero-order valence-corrected chi connectivity index (χ0v) is 11.7. The molecule has 0 atom stereocenters. The third-order valence-corrected chi connectivity index (χ3v) is 5.19. The van der Waals surface area contributed by atoms with Crippen LogP contribution in [-0.2, 0) is 0 Å². The molecule has 5 rings (SSSR count). The summed E-state index contributed by atoms with van der Waals surface area (Å²) in [5, 5.41) is 11.0. The van der Waals surface area contributed by atoms with E-state index < -0.39 is 0 Å². The van der Waals surface area contributed by atoms with Gasteiger partial charge in [0.25, 0.3) is 0 Å². The van der Waals surface area contributed by atoms with Crippen molar-refractivity contribution in [1.82, 2.24) is 20.2 Å². The third-order valence-electron chi connectivity index (χ3n) is 3.47. The molecule has 0 aliphatic rings. The van der Waals surface area contributed by atoms with Gasteiger partial charge in [0.1, 0.15) is 0 Å². The van der Waals surface area contributed by atoms with Gasteiger partial charge in [-0.2, -0.15) is 0 Å². The number of hydrogen-bond donors (Lipinski definition) is 0. The minimum Gasteiger partial charge on any atom is -0.245 e. The van der Waals surface area contributed by atoms with Crippen molar-refractivity contribution in [2.75, 3.05) is 0 Å². The molecule has 94 valence electrons. The fourth-order valence-corrected chi connectivity index (χ4v) is 4.27. The molecule has 0 unspecified atom stereocenters. The average molecular weight is 294 g/mol. The van der Waals surface area contributed by atoms with Gasteiger partial charge < -0.3 is 0 Å². The van der Waals surface area contributed by atoms with Gasteiger partial charge in [-0.05, 0) is 24.3 Å². The molecule has 4 nitrogen and oxygen atoms in total. The van der Waals surface area contributed by atoms with Crippen LogP contribution < -0.4 is 0 Å². The smallest absolute Gasteiger partial charge is 0.0952 e. The summed E-state index contributed by atoms with van der Waals surface area (Å²) in [5.41, 5.74) is 7.61. The lowest BCUT2D eigenvalue weighted by Gasteiger charge is -2.03. The molecule has 0 aliphatic heterocycles. The van der Waals surface area contributed by atoms with Crippen molar-refractivity contribution in [3.05, 3.63) is 35.3 Å². The predicted molar refractivity (Wildman–Crippen MR) is 83.4 cm³/mol. The summed E-state index contributed by atoms with van der Waals surface area (Å²) in [7, 11) is 0. The Labute approximate surface area is 120 Å². The van der Waals surface area contributed by atoms with Crippen molar-refractivity contribution >= 4 is 64.9 Å². The summed E-state index contributed by atoms with van der Waals surface area (Å²) >= 11 is 3.30. The van der Waals surface area contributed by atoms with Crippen LogP contribution in [-0.4, -0.2) is 20.2 Å². The number of hydrogen-bond acceptors (Lipinski definition) is 6. The lowest BCUT2D eigenvalue weighted by molar-refractivity contribution is 1.12. The monoisotopic (exact) mass is 294 g/mol. The highest BCUT2D eigenvalue weighted by Gasteiger charge is 2.13. The Morgan fingerprint density at radius 2 is 1.05 bits per heavy atom. The largest absolute Gasteiger partial charge is 0.245 e. The quantitative estimate of drug-likeness (QED) is 0.405. The summed E-state index contributed by atoms with van der Waals surface area (Å²) < 4.78 is 2.34. The van der Waals surface area contributed by atoms with Crippen molar-refractivity contribution in [3.8, 4) is 0 Å². The number of thiazole rings is 2. The van der Waals surface area contributed by atoms with Gasteiger partial charge in [-0.15, -0.1) is 32.9 Å². The van der Waals surface area contributed by atoms with Crippen LogP contribution in [0, 0.1) is 0 Å². The first-order valence-electron chi connectivity index (χ1n) is 6.06. The number of rotatable bonds is 0. The topological polar surface area (TPSA) is 51.6 Å². The molecular weight excluding hydrogens is 288 g/mol. The van der Waals surface area contributed by atoms with Crippen molar-refractivity contribution in [3.63, 3.8) is 0 Å². The molecule has 0 saturated carbocycles. The molecule has 5 aromatic rings. The number of benzene rings is 2. The van der Waals surface area contributed by atoms with Crippen LogP contribution in [0.1, 0.15) is 0 Å². The van der Waals surface area contributed by atoms with Gasteiger partial charge in [-0.1, -0.05) is 0 Å². The summed E-state index contributed by atoms with van der Waals surface area (Å²) in [6.07, 6.45) is 0. The fourth-order valence-electron chi connectivity index (χ4n) is 2.59. The van der Waals surface area contributed by atoms with Crippen molar-refractivity contribution in [2.45, 2.75) is 0 Å². The van der Waals surface area contributed by atoms with Crippen molar-refractivity contribution in [1.29, 1.82) is 0 Å². The summed E-state index contributed by atoms with van der Waals surface area (Å²) in [6.45, 7) is 0. The molecule has 0 N–H and O–H groups in total. The predicted octanol–water partition coefficient (Wildman–Crippen LogP) is 4.00. The molecule has 2 aromatic carbocycles. The Morgan fingerprint density at radius 1 is 0.600 bits per heavy atom. The first kappa shape index (κ1) is 10.6. The van der Waals surface area contributed by atoms with Crippen LogP contribution in [0.3, 0.4) is 0 Å². The van der Waals surface area contributed by atoms with Gasteiger partial charge >= 0.3 is 0 Å². The lowest BCUT2D eigenvalue weighted by atomic mass is 10.1. The second-order valence-corrected chi connectivity index (χ2v) is 6.23. The van der Waals surface area contributed by atoms with E-state index in [0.29, 0.717) is 0 Å². The van der Waals surface area contributed by atoms with Gasteiger partial charge in [0, 0.05) is 10.8 Å². The van der Waals surface area contributed by atoms with E-state index in [1.165, 1.54) is 9.40 Å². The molecule has 6 heteroatoms. The molecule has 20 heavy (non-hydrogen) atoms. The zero-order chi connectivity index (χ0) is 13.1. The molecule has 0 aliphatic carbocycles. The molecule has 0 saturated heterocycles. The molecule has 0 fully saturated rings. The first-order chi connectivity index (χ1) is 9.92. The second-order valence-electron chi connectivity index (χ2n) is 4.52. The van der Waals surface area contributed by atoms with E-state index in [9.17, 15) is 0 Å². The first-order valence-corrected chi connectivity index (χ1v) is 7.82. The normalized spacial score (nSPS) is 12.0. The zero-order valence-electron chi connectivity index (χ0n) is 10.1. The summed E-state index contributed by atoms with van der Waals surface area (Å²) in [6, 6.07) is 7.98. The Hall–Kier alpha value is -2.18. The van der Waals surface area contributed by atoms with E-state index in [1.54, 1.807) is 22.7 Å². The maximum absolute atomic E-state index is 4.40. The van der Waals surface area contributed by atoms with Gasteiger partial charge in [0.05, 0.1) is 42.5 Å². The molecule has 0 spiro atoms. The molecule has 0 bridgehead atoms. The van der Waals surface area contributed by atoms with Crippen LogP contribution in [0.2, 0.25) is 0 Å². The van der Waals surface area contributed by atoms with Crippen molar-refractivity contribution in [2.24, 2.45) is 0 Å². The second kappa shape index (κ2) is 3.68. The maximum atomic E-state index is 4.40. The Balaban J connectivity index is 2.23. The van der Waals surface area contributed by atoms with E-state index in [2.05, 4.69) is 20.2 Å². The van der Waals surface area contributed by atoms with Gasteiger partial charge in [0.15, 0.2) is 0 Å². The average Bonchev–Trinajstić information content (AvgIpc) is 3.14. The van der Waals surface area contributed by atoms with Crippen LogP contribution in [0.4, 0.5) is 0 Å². The highest BCUT2D eigenvalue weighted by molar-refractivity contribution is 7.19. The van der Waals surface area contributed by atoms with Crippen molar-refractivity contribution < 1.29 is 0 Å². The van der Waals surface area contributed by atoms with Crippen LogP contribution >= 0.6 is 22.7 Å². The Morgan fingerprint density at radius 3 is 1.55 bits per heavy atom. The maximum Gasteiger partial charge on any atom is 0.0952 e. The van der Waals surface area contributed by atoms with E-state index in [4.69, 9.17) is 0 Å². The molecule has 0 amide bonds. The standard InChI is InChI=1S/C14H6N4S2/c1-3-9-13(19-5-15-9)11-7(1)17-18-8-2-4-10-14(12(8)11)20-6-16-10/h1-6H. The van der Waals surface area contributed by atoms with E-state index >= 15 is 0 Å².